The molecule has 0 saturated carbocycles. The lowest BCUT2D eigenvalue weighted by atomic mass is 9.97. The second-order valence-corrected chi connectivity index (χ2v) is 7.92. The second-order valence-electron chi connectivity index (χ2n) is 4.74. The van der Waals surface area contributed by atoms with Crippen LogP contribution in [-0.2, 0) is 14.8 Å². The Morgan fingerprint density at radius 1 is 1.48 bits per heavy atom. The number of nitrogens with one attached hydrogen (secondary N) is 1. The molecule has 0 atom stereocenters. The van der Waals surface area contributed by atoms with Gasteiger partial charge in [-0.1, -0.05) is 11.6 Å². The molecule has 0 aliphatic carbocycles. The third-order valence-electron chi connectivity index (χ3n) is 3.46. The van der Waals surface area contributed by atoms with E-state index in [9.17, 15) is 13.2 Å². The highest BCUT2D eigenvalue weighted by atomic mass is 79.9. The van der Waals surface area contributed by atoms with Gasteiger partial charge >= 0.3 is 0 Å². The van der Waals surface area contributed by atoms with Gasteiger partial charge in [-0.25, -0.2) is 13.4 Å². The molecule has 2 rings (SSSR count). The minimum absolute atomic E-state index is 0.0167. The third kappa shape index (κ3) is 3.56. The van der Waals surface area contributed by atoms with Gasteiger partial charge in [0.1, 0.15) is 10.0 Å². The molecule has 0 bridgehead atoms. The molecule has 1 fully saturated rings. The first kappa shape index (κ1) is 16.7. The van der Waals surface area contributed by atoms with E-state index in [4.69, 9.17) is 11.6 Å². The summed E-state index contributed by atoms with van der Waals surface area (Å²) in [6, 6.07) is 1.44. The molecule has 1 saturated heterocycles. The zero-order valence-corrected chi connectivity index (χ0v) is 14.5. The van der Waals surface area contributed by atoms with Crippen LogP contribution in [-0.4, -0.2) is 43.8 Å². The van der Waals surface area contributed by atoms with E-state index < -0.39 is 10.0 Å². The molecule has 0 aromatic carbocycles. The first-order chi connectivity index (χ1) is 9.86. The first-order valence-corrected chi connectivity index (χ1v) is 9.00. The van der Waals surface area contributed by atoms with Gasteiger partial charge in [-0.3, -0.25) is 4.79 Å². The number of halogens is 2. The van der Waals surface area contributed by atoms with Gasteiger partial charge in [0, 0.05) is 36.7 Å². The minimum atomic E-state index is -3.69. The number of nitrogens with zero attached hydrogens (tertiary/aromatic N) is 2. The Hall–Kier alpha value is -0.700. The van der Waals surface area contributed by atoms with Gasteiger partial charge in [-0.05, 0) is 34.8 Å². The van der Waals surface area contributed by atoms with Crippen molar-refractivity contribution in [1.29, 1.82) is 0 Å². The summed E-state index contributed by atoms with van der Waals surface area (Å²) in [5.41, 5.74) is 0. The number of carbonyl (C=O) groups excluding carboxylic acids is 1. The average Bonchev–Trinajstić information content (AvgIpc) is 2.49. The lowest BCUT2D eigenvalue weighted by Crippen LogP contribution is -2.42. The zero-order chi connectivity index (χ0) is 15.6. The van der Waals surface area contributed by atoms with Crippen molar-refractivity contribution in [3.8, 4) is 0 Å². The standard InChI is InChI=1S/C12H15BrClN3O3S/c1-15-12(18)8-2-4-17(5-3-8)21(19,20)10-6-9(13)7-16-11(10)14/h6-8H,2-5H2,1H3,(H,15,18). The summed E-state index contributed by atoms with van der Waals surface area (Å²) in [6.45, 7) is 0.590. The van der Waals surface area contributed by atoms with E-state index in [2.05, 4.69) is 26.2 Å². The van der Waals surface area contributed by atoms with Gasteiger partial charge in [0.2, 0.25) is 15.9 Å². The van der Waals surface area contributed by atoms with Crippen LogP contribution < -0.4 is 5.32 Å². The Bertz CT molecular complexity index is 645. The van der Waals surface area contributed by atoms with Crippen LogP contribution in [0.4, 0.5) is 0 Å². The molecule has 1 aliphatic rings. The number of piperidine rings is 1. The molecule has 1 N–H and O–H groups in total. The molecule has 116 valence electrons. The van der Waals surface area contributed by atoms with E-state index in [0.717, 1.165) is 0 Å². The van der Waals surface area contributed by atoms with Crippen molar-refractivity contribution < 1.29 is 13.2 Å². The molecule has 1 aliphatic heterocycles. The molecule has 0 unspecified atom stereocenters. The normalized spacial score (nSPS) is 17.7. The fraction of sp³-hybridized carbons (Fsp3) is 0.500. The quantitative estimate of drug-likeness (QED) is 0.788. The summed E-state index contributed by atoms with van der Waals surface area (Å²) in [5, 5.41) is 2.54. The SMILES string of the molecule is CNC(=O)C1CCN(S(=O)(=O)c2cc(Br)cnc2Cl)CC1. The maximum Gasteiger partial charge on any atom is 0.246 e. The van der Waals surface area contributed by atoms with Crippen molar-refractivity contribution in [2.45, 2.75) is 17.7 Å². The Labute approximate surface area is 137 Å². The van der Waals surface area contributed by atoms with Crippen LogP contribution >= 0.6 is 27.5 Å². The Morgan fingerprint density at radius 2 is 2.10 bits per heavy atom. The van der Waals surface area contributed by atoms with Gasteiger partial charge in [0.15, 0.2) is 0 Å². The summed E-state index contributed by atoms with van der Waals surface area (Å²) in [4.78, 5) is 15.4. The molecule has 21 heavy (non-hydrogen) atoms. The predicted octanol–water partition coefficient (Wildman–Crippen LogP) is 1.64. The number of amides is 1. The smallest absolute Gasteiger partial charge is 0.246 e. The molecular formula is C12H15BrClN3O3S. The highest BCUT2D eigenvalue weighted by molar-refractivity contribution is 9.10. The monoisotopic (exact) mass is 395 g/mol. The maximum absolute atomic E-state index is 12.6. The minimum Gasteiger partial charge on any atom is -0.359 e. The highest BCUT2D eigenvalue weighted by Gasteiger charge is 2.33. The fourth-order valence-electron chi connectivity index (χ4n) is 2.29. The van der Waals surface area contributed by atoms with Gasteiger partial charge in [0.05, 0.1) is 0 Å². The van der Waals surface area contributed by atoms with Gasteiger partial charge < -0.3 is 5.32 Å². The Morgan fingerprint density at radius 3 is 2.67 bits per heavy atom. The maximum atomic E-state index is 12.6. The summed E-state index contributed by atoms with van der Waals surface area (Å²) >= 11 is 9.09. The number of hydrogen-bond donors (Lipinski definition) is 1. The van der Waals surface area contributed by atoms with Crippen LogP contribution in [0.15, 0.2) is 21.6 Å². The molecule has 1 aromatic rings. The van der Waals surface area contributed by atoms with Crippen molar-refractivity contribution in [2.24, 2.45) is 5.92 Å². The van der Waals surface area contributed by atoms with Crippen molar-refractivity contribution in [1.82, 2.24) is 14.6 Å². The zero-order valence-electron chi connectivity index (χ0n) is 11.3. The van der Waals surface area contributed by atoms with E-state index in [1.54, 1.807) is 7.05 Å². The molecule has 0 spiro atoms. The van der Waals surface area contributed by atoms with Crippen LogP contribution in [0.5, 0.6) is 0 Å². The number of hydrogen-bond acceptors (Lipinski definition) is 4. The topological polar surface area (TPSA) is 79.4 Å². The Balaban J connectivity index is 2.19. The number of pyridine rings is 1. The molecule has 6 nitrogen and oxygen atoms in total. The van der Waals surface area contributed by atoms with E-state index in [-0.39, 0.29) is 21.9 Å². The van der Waals surface area contributed by atoms with Crippen molar-refractivity contribution in [3.63, 3.8) is 0 Å². The first-order valence-electron chi connectivity index (χ1n) is 6.39. The summed E-state index contributed by atoms with van der Waals surface area (Å²) in [5.74, 6) is -0.188. The molecule has 1 amide bonds. The van der Waals surface area contributed by atoms with E-state index >= 15 is 0 Å². The largest absolute Gasteiger partial charge is 0.359 e. The van der Waals surface area contributed by atoms with Crippen LogP contribution in [0.3, 0.4) is 0 Å². The molecular weight excluding hydrogens is 382 g/mol. The molecule has 9 heteroatoms. The van der Waals surface area contributed by atoms with Crippen LogP contribution in [0.1, 0.15) is 12.8 Å². The number of sulfonamides is 1. The van der Waals surface area contributed by atoms with Crippen LogP contribution in [0.25, 0.3) is 0 Å². The van der Waals surface area contributed by atoms with Crippen molar-refractivity contribution in [3.05, 3.63) is 21.9 Å². The van der Waals surface area contributed by atoms with E-state index in [0.29, 0.717) is 30.4 Å². The summed E-state index contributed by atoms with van der Waals surface area (Å²) < 4.78 is 27.1. The van der Waals surface area contributed by atoms with Gasteiger partial charge in [-0.15, -0.1) is 0 Å². The lowest BCUT2D eigenvalue weighted by Gasteiger charge is -2.30. The van der Waals surface area contributed by atoms with Crippen LogP contribution in [0, 0.1) is 5.92 Å². The number of carbonyl (C=O) groups is 1. The van der Waals surface area contributed by atoms with Crippen LogP contribution in [0.2, 0.25) is 5.15 Å². The fourth-order valence-corrected chi connectivity index (χ4v) is 4.68. The van der Waals surface area contributed by atoms with E-state index in [1.165, 1.54) is 16.6 Å². The third-order valence-corrected chi connectivity index (χ3v) is 6.22. The molecule has 0 radical (unpaired) electrons. The van der Waals surface area contributed by atoms with Gasteiger partial charge in [0.25, 0.3) is 0 Å². The second kappa shape index (κ2) is 6.60. The highest BCUT2D eigenvalue weighted by Crippen LogP contribution is 2.28. The predicted molar refractivity (Wildman–Crippen MR) is 82.5 cm³/mol. The summed E-state index contributed by atoms with van der Waals surface area (Å²) in [7, 11) is -2.11. The molecule has 2 heterocycles. The molecule has 1 aromatic heterocycles. The van der Waals surface area contributed by atoms with Crippen molar-refractivity contribution in [2.75, 3.05) is 20.1 Å². The summed E-state index contributed by atoms with van der Waals surface area (Å²) in [6.07, 6.45) is 2.44. The van der Waals surface area contributed by atoms with E-state index in [1.807, 2.05) is 0 Å². The van der Waals surface area contributed by atoms with Gasteiger partial charge in [-0.2, -0.15) is 4.31 Å². The number of rotatable bonds is 3. The number of aromatic nitrogens is 1. The van der Waals surface area contributed by atoms with Crippen molar-refractivity contribution >= 4 is 43.5 Å². The average molecular weight is 397 g/mol. The Kier molecular flexibility index (Phi) is 5.24. The lowest BCUT2D eigenvalue weighted by molar-refractivity contribution is -0.125.